The molecule has 1 aromatic rings. The van der Waals surface area contributed by atoms with Crippen molar-refractivity contribution in [1.29, 1.82) is 0 Å². The van der Waals surface area contributed by atoms with Gasteiger partial charge in [0.05, 0.1) is 18.0 Å². The Morgan fingerprint density at radius 2 is 2.05 bits per heavy atom. The zero-order chi connectivity index (χ0) is 16.3. The van der Waals surface area contributed by atoms with Crippen molar-refractivity contribution in [3.63, 3.8) is 0 Å². The largest absolute Gasteiger partial charge is 0.373 e. The third-order valence-corrected chi connectivity index (χ3v) is 5.16. The van der Waals surface area contributed by atoms with Crippen LogP contribution in [0.1, 0.15) is 13.8 Å². The van der Waals surface area contributed by atoms with E-state index < -0.39 is 10.0 Å². The second-order valence-electron chi connectivity index (χ2n) is 5.25. The number of hydrogen-bond acceptors (Lipinski definition) is 7. The molecule has 0 radical (unpaired) electrons. The summed E-state index contributed by atoms with van der Waals surface area (Å²) >= 11 is 5.76. The van der Waals surface area contributed by atoms with Crippen molar-refractivity contribution in [3.05, 3.63) is 11.2 Å². The van der Waals surface area contributed by atoms with Crippen LogP contribution in [-0.2, 0) is 14.8 Å². The standard InChI is InChI=1S/C12H20ClN5O3S/c1-8-6-18(7-9(2)21-8)22(19,20)4-3-15-11-5-10(13)16-12(14)17-11/h5,8-9H,3-4,6-7H2,1-2H3,(H3,14,15,16,17)/t8-,9-/m0/s1. The normalized spacial score (nSPS) is 23.4. The van der Waals surface area contributed by atoms with Crippen LogP contribution in [0.2, 0.25) is 5.15 Å². The fourth-order valence-corrected chi connectivity index (χ4v) is 4.00. The van der Waals surface area contributed by atoms with E-state index >= 15 is 0 Å². The predicted octanol–water partition coefficient (Wildman–Crippen LogP) is 0.563. The van der Waals surface area contributed by atoms with Crippen LogP contribution in [0.3, 0.4) is 0 Å². The van der Waals surface area contributed by atoms with E-state index in [1.807, 2.05) is 13.8 Å². The van der Waals surface area contributed by atoms with Gasteiger partial charge in [-0.25, -0.2) is 13.4 Å². The Labute approximate surface area is 135 Å². The maximum Gasteiger partial charge on any atom is 0.223 e. The van der Waals surface area contributed by atoms with Gasteiger partial charge in [0, 0.05) is 25.7 Å². The SMILES string of the molecule is C[C@H]1CN(S(=O)(=O)CCNc2cc(Cl)nc(N)n2)C[C@H](C)O1. The monoisotopic (exact) mass is 349 g/mol. The lowest BCUT2D eigenvalue weighted by Crippen LogP contribution is -2.49. The van der Waals surface area contributed by atoms with Crippen molar-refractivity contribution in [2.24, 2.45) is 0 Å². The second kappa shape index (κ2) is 6.95. The summed E-state index contributed by atoms with van der Waals surface area (Å²) in [5, 5.41) is 3.09. The van der Waals surface area contributed by atoms with Crippen molar-refractivity contribution in [3.8, 4) is 0 Å². The summed E-state index contributed by atoms with van der Waals surface area (Å²) in [5.74, 6) is 0.388. The number of nitrogens with zero attached hydrogens (tertiary/aromatic N) is 3. The lowest BCUT2D eigenvalue weighted by atomic mass is 10.3. The first kappa shape index (κ1) is 17.2. The minimum Gasteiger partial charge on any atom is -0.373 e. The number of morpholine rings is 1. The first-order chi connectivity index (χ1) is 10.3. The number of sulfonamides is 1. The lowest BCUT2D eigenvalue weighted by Gasteiger charge is -2.34. The molecule has 124 valence electrons. The number of aromatic nitrogens is 2. The number of nitrogens with one attached hydrogen (secondary N) is 1. The number of nitrogen functional groups attached to an aromatic ring is 1. The molecule has 1 aliphatic rings. The predicted molar refractivity (Wildman–Crippen MR) is 85.3 cm³/mol. The molecule has 0 bridgehead atoms. The number of hydrogen-bond donors (Lipinski definition) is 2. The highest BCUT2D eigenvalue weighted by Crippen LogP contribution is 2.15. The summed E-state index contributed by atoms with van der Waals surface area (Å²) in [6, 6.07) is 1.49. The van der Waals surface area contributed by atoms with E-state index in [0.717, 1.165) is 0 Å². The van der Waals surface area contributed by atoms with Crippen LogP contribution >= 0.6 is 11.6 Å². The molecule has 0 aliphatic carbocycles. The highest BCUT2D eigenvalue weighted by Gasteiger charge is 2.30. The molecule has 1 aliphatic heterocycles. The Morgan fingerprint density at radius 1 is 1.41 bits per heavy atom. The molecule has 0 amide bonds. The quantitative estimate of drug-likeness (QED) is 0.747. The summed E-state index contributed by atoms with van der Waals surface area (Å²) < 4.78 is 31.7. The van der Waals surface area contributed by atoms with Gasteiger partial charge in [0.15, 0.2) is 0 Å². The lowest BCUT2D eigenvalue weighted by molar-refractivity contribution is -0.0440. The third kappa shape index (κ3) is 4.67. The summed E-state index contributed by atoms with van der Waals surface area (Å²) in [5.41, 5.74) is 5.48. The van der Waals surface area contributed by atoms with Crippen molar-refractivity contribution < 1.29 is 13.2 Å². The number of anilines is 2. The molecule has 0 spiro atoms. The Morgan fingerprint density at radius 3 is 2.64 bits per heavy atom. The van der Waals surface area contributed by atoms with Crippen molar-refractivity contribution >= 4 is 33.4 Å². The third-order valence-electron chi connectivity index (χ3n) is 3.16. The van der Waals surface area contributed by atoms with Crippen LogP contribution in [0, 0.1) is 0 Å². The van der Waals surface area contributed by atoms with E-state index in [1.165, 1.54) is 10.4 Å². The molecule has 22 heavy (non-hydrogen) atoms. The first-order valence-electron chi connectivity index (χ1n) is 6.93. The molecule has 10 heteroatoms. The van der Waals surface area contributed by atoms with Crippen LogP contribution in [0.25, 0.3) is 0 Å². The first-order valence-corrected chi connectivity index (χ1v) is 8.92. The molecule has 2 heterocycles. The van der Waals surface area contributed by atoms with Crippen LogP contribution < -0.4 is 11.1 Å². The van der Waals surface area contributed by atoms with Gasteiger partial charge in [-0.1, -0.05) is 11.6 Å². The molecule has 0 saturated carbocycles. The number of halogens is 1. The second-order valence-corrected chi connectivity index (χ2v) is 7.73. The van der Waals surface area contributed by atoms with E-state index in [-0.39, 0.29) is 35.6 Å². The van der Waals surface area contributed by atoms with Crippen molar-refractivity contribution in [2.45, 2.75) is 26.1 Å². The van der Waals surface area contributed by atoms with Gasteiger partial charge in [0.25, 0.3) is 0 Å². The maximum atomic E-state index is 12.3. The highest BCUT2D eigenvalue weighted by molar-refractivity contribution is 7.89. The smallest absolute Gasteiger partial charge is 0.223 e. The molecule has 1 saturated heterocycles. The van der Waals surface area contributed by atoms with Crippen LogP contribution in [0.15, 0.2) is 6.07 Å². The van der Waals surface area contributed by atoms with Gasteiger partial charge in [-0.15, -0.1) is 0 Å². The minimum absolute atomic E-state index is 0.0358. The average molecular weight is 350 g/mol. The number of rotatable bonds is 5. The van der Waals surface area contributed by atoms with E-state index in [2.05, 4.69) is 15.3 Å². The molecule has 8 nitrogen and oxygen atoms in total. The topological polar surface area (TPSA) is 110 Å². The molecule has 1 aromatic heterocycles. The summed E-state index contributed by atoms with van der Waals surface area (Å²) in [7, 11) is -3.36. The van der Waals surface area contributed by atoms with Gasteiger partial charge < -0.3 is 15.8 Å². The van der Waals surface area contributed by atoms with Crippen molar-refractivity contribution in [1.82, 2.24) is 14.3 Å². The van der Waals surface area contributed by atoms with E-state index in [4.69, 9.17) is 22.1 Å². The number of nitrogens with two attached hydrogens (primary N) is 1. The van der Waals surface area contributed by atoms with Gasteiger partial charge in [0.2, 0.25) is 16.0 Å². The minimum atomic E-state index is -3.36. The van der Waals surface area contributed by atoms with Gasteiger partial charge in [-0.2, -0.15) is 9.29 Å². The van der Waals surface area contributed by atoms with Gasteiger partial charge in [0.1, 0.15) is 11.0 Å². The van der Waals surface area contributed by atoms with Crippen LogP contribution in [-0.4, -0.2) is 60.3 Å². The van der Waals surface area contributed by atoms with Gasteiger partial charge in [-0.3, -0.25) is 0 Å². The van der Waals surface area contributed by atoms with Crippen LogP contribution in [0.5, 0.6) is 0 Å². The Hall–Kier alpha value is -1.16. The molecule has 0 unspecified atom stereocenters. The summed E-state index contributed by atoms with van der Waals surface area (Å²) in [6.07, 6.45) is -0.209. The number of ether oxygens (including phenoxy) is 1. The van der Waals surface area contributed by atoms with Crippen molar-refractivity contribution in [2.75, 3.05) is 36.4 Å². The maximum absolute atomic E-state index is 12.3. The molecule has 1 fully saturated rings. The molecule has 2 rings (SSSR count). The Kier molecular flexibility index (Phi) is 5.43. The van der Waals surface area contributed by atoms with Crippen LogP contribution in [0.4, 0.5) is 11.8 Å². The zero-order valence-corrected chi connectivity index (χ0v) is 14.1. The molecule has 0 aromatic carbocycles. The van der Waals surface area contributed by atoms with Gasteiger partial charge in [-0.05, 0) is 13.8 Å². The Bertz CT molecular complexity index is 597. The van der Waals surface area contributed by atoms with E-state index in [1.54, 1.807) is 0 Å². The summed E-state index contributed by atoms with van der Waals surface area (Å²) in [4.78, 5) is 7.67. The fourth-order valence-electron chi connectivity index (χ4n) is 2.32. The van der Waals surface area contributed by atoms with Gasteiger partial charge >= 0.3 is 0 Å². The molecular weight excluding hydrogens is 330 g/mol. The average Bonchev–Trinajstić information content (AvgIpc) is 2.36. The fraction of sp³-hybridized carbons (Fsp3) is 0.667. The zero-order valence-electron chi connectivity index (χ0n) is 12.5. The molecule has 2 atom stereocenters. The highest BCUT2D eigenvalue weighted by atomic mass is 35.5. The molecular formula is C12H20ClN5O3S. The summed E-state index contributed by atoms with van der Waals surface area (Å²) in [6.45, 7) is 4.68. The van der Waals surface area contributed by atoms with E-state index in [9.17, 15) is 8.42 Å². The van der Waals surface area contributed by atoms with E-state index in [0.29, 0.717) is 18.9 Å². The molecule has 3 N–H and O–H groups in total. The Balaban J connectivity index is 1.92.